The highest BCUT2D eigenvalue weighted by Gasteiger charge is 2.31. The van der Waals surface area contributed by atoms with E-state index in [-0.39, 0.29) is 5.91 Å². The molecule has 4 nitrogen and oxygen atoms in total. The van der Waals surface area contributed by atoms with Gasteiger partial charge in [0.25, 0.3) is 0 Å². The van der Waals surface area contributed by atoms with E-state index in [4.69, 9.17) is 5.73 Å². The van der Waals surface area contributed by atoms with Crippen LogP contribution >= 0.6 is 11.8 Å². The Morgan fingerprint density at radius 2 is 2.19 bits per heavy atom. The summed E-state index contributed by atoms with van der Waals surface area (Å²) in [5, 5.41) is 3.69. The zero-order valence-electron chi connectivity index (χ0n) is 12.3. The Labute approximate surface area is 130 Å². The van der Waals surface area contributed by atoms with Crippen LogP contribution in [-0.4, -0.2) is 41.7 Å². The van der Waals surface area contributed by atoms with Crippen molar-refractivity contribution in [2.75, 3.05) is 24.2 Å². The Hall–Kier alpha value is -1.20. The molecule has 2 aliphatic rings. The molecule has 2 fully saturated rings. The molecule has 0 spiro atoms. The molecule has 3 rings (SSSR count). The summed E-state index contributed by atoms with van der Waals surface area (Å²) < 4.78 is 0. The zero-order valence-corrected chi connectivity index (χ0v) is 13.1. The largest absolute Gasteiger partial charge is 0.381 e. The van der Waals surface area contributed by atoms with E-state index in [0.717, 1.165) is 16.6 Å². The number of nitrogens with zero attached hydrogens (tertiary/aromatic N) is 1. The van der Waals surface area contributed by atoms with Crippen molar-refractivity contribution in [3.05, 3.63) is 24.3 Å². The van der Waals surface area contributed by atoms with E-state index in [9.17, 15) is 4.79 Å². The first-order chi connectivity index (χ1) is 10.2. The number of carbonyl (C=O) groups is 1. The highest BCUT2D eigenvalue weighted by Crippen LogP contribution is 2.32. The maximum Gasteiger partial charge on any atom is 0.227 e. The normalized spacial score (nSPS) is 25.5. The van der Waals surface area contributed by atoms with Gasteiger partial charge >= 0.3 is 0 Å². The van der Waals surface area contributed by atoms with Gasteiger partial charge < -0.3 is 16.0 Å². The molecule has 1 aromatic carbocycles. The smallest absolute Gasteiger partial charge is 0.227 e. The summed E-state index contributed by atoms with van der Waals surface area (Å²) in [6, 6.07) is 9.52. The van der Waals surface area contributed by atoms with E-state index in [1.807, 2.05) is 12.1 Å². The van der Waals surface area contributed by atoms with Crippen LogP contribution in [0, 0.1) is 0 Å². The Morgan fingerprint density at radius 1 is 1.33 bits per heavy atom. The van der Waals surface area contributed by atoms with Crippen LogP contribution < -0.4 is 11.1 Å². The van der Waals surface area contributed by atoms with Crippen LogP contribution in [0.5, 0.6) is 0 Å². The van der Waals surface area contributed by atoms with E-state index in [0.29, 0.717) is 11.8 Å². The van der Waals surface area contributed by atoms with Crippen LogP contribution in [-0.2, 0) is 4.79 Å². The lowest BCUT2D eigenvalue weighted by Crippen LogP contribution is -2.42. The third kappa shape index (κ3) is 3.71. The average molecular weight is 305 g/mol. The van der Waals surface area contributed by atoms with E-state index >= 15 is 0 Å². The number of benzene rings is 1. The van der Waals surface area contributed by atoms with E-state index < -0.39 is 0 Å². The zero-order chi connectivity index (χ0) is 14.7. The molecule has 0 radical (unpaired) electrons. The second-order valence-corrected chi connectivity index (χ2v) is 6.97. The number of fused-ring (bicyclic) bond motifs is 1. The fourth-order valence-corrected chi connectivity index (χ4v) is 4.19. The van der Waals surface area contributed by atoms with Crippen LogP contribution in [0.1, 0.15) is 25.7 Å². The third-order valence-corrected chi connectivity index (χ3v) is 5.53. The van der Waals surface area contributed by atoms with Crippen LogP contribution in [0.2, 0.25) is 0 Å². The Balaban J connectivity index is 1.63. The van der Waals surface area contributed by atoms with Crippen molar-refractivity contribution in [3.63, 3.8) is 0 Å². The quantitative estimate of drug-likeness (QED) is 0.820. The Kier molecular flexibility index (Phi) is 4.70. The number of rotatable bonds is 5. The number of para-hydroxylation sites is 1. The van der Waals surface area contributed by atoms with Gasteiger partial charge in [0.15, 0.2) is 0 Å². The molecular weight excluding hydrogens is 282 g/mol. The minimum Gasteiger partial charge on any atom is -0.381 e. The predicted molar refractivity (Wildman–Crippen MR) is 87.6 cm³/mol. The lowest BCUT2D eigenvalue weighted by Gasteiger charge is -2.35. The molecule has 21 heavy (non-hydrogen) atoms. The molecule has 1 amide bonds. The molecule has 0 aromatic heterocycles. The number of anilines is 1. The monoisotopic (exact) mass is 305 g/mol. The molecule has 0 aliphatic carbocycles. The topological polar surface area (TPSA) is 58.4 Å². The van der Waals surface area contributed by atoms with Gasteiger partial charge in [0.1, 0.15) is 0 Å². The molecule has 2 aliphatic heterocycles. The van der Waals surface area contributed by atoms with Crippen LogP contribution in [0.15, 0.2) is 29.2 Å². The number of primary amides is 1. The van der Waals surface area contributed by atoms with Crippen molar-refractivity contribution in [2.45, 2.75) is 42.7 Å². The van der Waals surface area contributed by atoms with Gasteiger partial charge in [0.05, 0.1) is 5.75 Å². The van der Waals surface area contributed by atoms with Crippen LogP contribution in [0.4, 0.5) is 5.69 Å². The van der Waals surface area contributed by atoms with Gasteiger partial charge in [-0.15, -0.1) is 11.8 Å². The number of hydrogen-bond donors (Lipinski definition) is 2. The number of nitrogens with two attached hydrogens (primary N) is 1. The van der Waals surface area contributed by atoms with E-state index in [1.54, 1.807) is 0 Å². The van der Waals surface area contributed by atoms with Crippen molar-refractivity contribution < 1.29 is 4.79 Å². The number of piperidine rings is 1. The fraction of sp³-hybridized carbons (Fsp3) is 0.562. The van der Waals surface area contributed by atoms with E-state index in [1.165, 1.54) is 50.5 Å². The first-order valence-electron chi connectivity index (χ1n) is 7.73. The van der Waals surface area contributed by atoms with Gasteiger partial charge in [-0.2, -0.15) is 0 Å². The van der Waals surface area contributed by atoms with Crippen LogP contribution in [0.3, 0.4) is 0 Å². The molecule has 0 bridgehead atoms. The molecule has 114 valence electrons. The van der Waals surface area contributed by atoms with Gasteiger partial charge in [-0.05, 0) is 44.4 Å². The second-order valence-electron chi connectivity index (χ2n) is 5.95. The van der Waals surface area contributed by atoms with Gasteiger partial charge in [0, 0.05) is 29.2 Å². The van der Waals surface area contributed by atoms with Gasteiger partial charge in [-0.25, -0.2) is 0 Å². The first kappa shape index (κ1) is 14.7. The number of amides is 1. The molecule has 2 atom stereocenters. The van der Waals surface area contributed by atoms with Crippen molar-refractivity contribution in [3.8, 4) is 0 Å². The maximum absolute atomic E-state index is 11.0. The summed E-state index contributed by atoms with van der Waals surface area (Å²) in [4.78, 5) is 14.7. The minimum atomic E-state index is -0.269. The molecule has 2 saturated heterocycles. The van der Waals surface area contributed by atoms with Crippen molar-refractivity contribution in [1.29, 1.82) is 0 Å². The highest BCUT2D eigenvalue weighted by atomic mass is 32.2. The van der Waals surface area contributed by atoms with Crippen molar-refractivity contribution in [2.24, 2.45) is 5.73 Å². The molecule has 2 heterocycles. The lowest BCUT2D eigenvalue weighted by atomic mass is 9.97. The predicted octanol–water partition coefficient (Wildman–Crippen LogP) is 2.30. The molecule has 2 unspecified atom stereocenters. The van der Waals surface area contributed by atoms with Gasteiger partial charge in [-0.3, -0.25) is 4.79 Å². The minimum absolute atomic E-state index is 0.269. The summed E-state index contributed by atoms with van der Waals surface area (Å²) in [7, 11) is 0. The summed E-state index contributed by atoms with van der Waals surface area (Å²) in [5.74, 6) is 0.0637. The number of carbonyl (C=O) groups excluding carboxylic acids is 1. The summed E-state index contributed by atoms with van der Waals surface area (Å²) in [6.45, 7) is 2.49. The van der Waals surface area contributed by atoms with Crippen molar-refractivity contribution in [1.82, 2.24) is 4.90 Å². The second kappa shape index (κ2) is 6.71. The van der Waals surface area contributed by atoms with Gasteiger partial charge in [-0.1, -0.05) is 12.1 Å². The highest BCUT2D eigenvalue weighted by molar-refractivity contribution is 8.00. The summed E-state index contributed by atoms with van der Waals surface area (Å²) in [5.41, 5.74) is 6.39. The fourth-order valence-electron chi connectivity index (χ4n) is 3.44. The van der Waals surface area contributed by atoms with Crippen molar-refractivity contribution >= 4 is 23.4 Å². The Bertz CT molecular complexity index is 508. The molecule has 5 heteroatoms. The van der Waals surface area contributed by atoms with Crippen LogP contribution in [0.25, 0.3) is 0 Å². The lowest BCUT2D eigenvalue weighted by molar-refractivity contribution is -0.115. The standard InChI is InChI=1S/C16H23N3OS/c17-16(20)11-21-15-6-2-1-5-14(15)18-12-7-9-19-8-3-4-13(19)10-12/h1-2,5-6,12-13,18H,3-4,7-11H2,(H2,17,20). The molecule has 3 N–H and O–H groups in total. The SMILES string of the molecule is NC(=O)CSc1ccccc1NC1CCN2CCCC2C1. The molecule has 0 saturated carbocycles. The molecular formula is C16H23N3OS. The number of thioether (sulfide) groups is 1. The molecule has 1 aromatic rings. The average Bonchev–Trinajstić information content (AvgIpc) is 2.94. The van der Waals surface area contributed by atoms with E-state index in [2.05, 4.69) is 22.3 Å². The third-order valence-electron chi connectivity index (χ3n) is 4.44. The van der Waals surface area contributed by atoms with Gasteiger partial charge in [0.2, 0.25) is 5.91 Å². The number of nitrogens with one attached hydrogen (secondary N) is 1. The first-order valence-corrected chi connectivity index (χ1v) is 8.71. The Morgan fingerprint density at radius 3 is 3.05 bits per heavy atom. The number of hydrogen-bond acceptors (Lipinski definition) is 4. The summed E-state index contributed by atoms with van der Waals surface area (Å²) in [6.07, 6.45) is 5.12. The maximum atomic E-state index is 11.0. The summed E-state index contributed by atoms with van der Waals surface area (Å²) >= 11 is 1.52.